The van der Waals surface area contributed by atoms with Gasteiger partial charge in [-0.2, -0.15) is 0 Å². The van der Waals surface area contributed by atoms with Crippen molar-refractivity contribution in [2.75, 3.05) is 25.0 Å². The third-order valence-electron chi connectivity index (χ3n) is 1.75. The number of aliphatic hydroxyl groups excluding tert-OH is 1. The molecule has 0 radical (unpaired) electrons. The van der Waals surface area contributed by atoms with Crippen molar-refractivity contribution in [3.63, 3.8) is 0 Å². The van der Waals surface area contributed by atoms with Gasteiger partial charge in [0.25, 0.3) is 0 Å². The van der Waals surface area contributed by atoms with Crippen LogP contribution in [0.2, 0.25) is 0 Å². The molecule has 1 aromatic rings. The van der Waals surface area contributed by atoms with Gasteiger partial charge in [0.15, 0.2) is 0 Å². The standard InChI is InChI=1S/C10H17N3O/c1-9(14)8-12-6-7-13-10-2-4-11-5-3-10/h2-5,9,12,14H,6-8H2,1H3,(H,11,13). The SMILES string of the molecule is CC(O)CNCCNc1ccncc1. The van der Waals surface area contributed by atoms with E-state index >= 15 is 0 Å². The topological polar surface area (TPSA) is 57.2 Å². The third kappa shape index (κ3) is 4.79. The predicted octanol–water partition coefficient (Wildman–Crippen LogP) is 0.464. The lowest BCUT2D eigenvalue weighted by Gasteiger charge is -2.08. The second-order valence-electron chi connectivity index (χ2n) is 3.22. The van der Waals surface area contributed by atoms with E-state index < -0.39 is 0 Å². The van der Waals surface area contributed by atoms with Gasteiger partial charge < -0.3 is 15.7 Å². The highest BCUT2D eigenvalue weighted by Crippen LogP contribution is 2.01. The van der Waals surface area contributed by atoms with Gasteiger partial charge in [0.05, 0.1) is 6.10 Å². The summed E-state index contributed by atoms with van der Waals surface area (Å²) in [5, 5.41) is 15.3. The zero-order valence-corrected chi connectivity index (χ0v) is 8.40. The van der Waals surface area contributed by atoms with E-state index in [4.69, 9.17) is 5.11 Å². The van der Waals surface area contributed by atoms with Gasteiger partial charge in [0.2, 0.25) is 0 Å². The number of rotatable bonds is 6. The molecule has 1 heterocycles. The molecule has 0 aliphatic rings. The number of hydrogen-bond donors (Lipinski definition) is 3. The van der Waals surface area contributed by atoms with Crippen LogP contribution in [0.5, 0.6) is 0 Å². The molecule has 3 N–H and O–H groups in total. The second-order valence-corrected chi connectivity index (χ2v) is 3.22. The number of aromatic nitrogens is 1. The summed E-state index contributed by atoms with van der Waals surface area (Å²) in [4.78, 5) is 3.92. The molecule has 78 valence electrons. The number of aliphatic hydroxyl groups is 1. The molecule has 0 aliphatic carbocycles. The van der Waals surface area contributed by atoms with Crippen molar-refractivity contribution in [3.05, 3.63) is 24.5 Å². The van der Waals surface area contributed by atoms with E-state index in [1.54, 1.807) is 19.3 Å². The highest BCUT2D eigenvalue weighted by Gasteiger charge is 1.93. The lowest BCUT2D eigenvalue weighted by atomic mass is 10.4. The summed E-state index contributed by atoms with van der Waals surface area (Å²) in [6.45, 7) is 4.09. The van der Waals surface area contributed by atoms with E-state index in [1.165, 1.54) is 0 Å². The molecule has 0 fully saturated rings. The van der Waals surface area contributed by atoms with Crippen molar-refractivity contribution in [1.82, 2.24) is 10.3 Å². The molecule has 4 heteroatoms. The van der Waals surface area contributed by atoms with Crippen LogP contribution in [0.15, 0.2) is 24.5 Å². The monoisotopic (exact) mass is 195 g/mol. The van der Waals surface area contributed by atoms with E-state index in [9.17, 15) is 0 Å². The molecule has 1 aromatic heterocycles. The molecular formula is C10H17N3O. The fraction of sp³-hybridized carbons (Fsp3) is 0.500. The van der Waals surface area contributed by atoms with Gasteiger partial charge in [-0.1, -0.05) is 0 Å². The summed E-state index contributed by atoms with van der Waals surface area (Å²) < 4.78 is 0. The van der Waals surface area contributed by atoms with E-state index in [-0.39, 0.29) is 6.10 Å². The fourth-order valence-electron chi connectivity index (χ4n) is 1.08. The van der Waals surface area contributed by atoms with Crippen LogP contribution in [-0.2, 0) is 0 Å². The molecule has 1 rings (SSSR count). The largest absolute Gasteiger partial charge is 0.392 e. The van der Waals surface area contributed by atoms with Crippen LogP contribution in [0.1, 0.15) is 6.92 Å². The van der Waals surface area contributed by atoms with Gasteiger partial charge in [-0.3, -0.25) is 4.98 Å². The average Bonchev–Trinajstić information content (AvgIpc) is 2.18. The van der Waals surface area contributed by atoms with Gasteiger partial charge in [-0.15, -0.1) is 0 Å². The lowest BCUT2D eigenvalue weighted by molar-refractivity contribution is 0.192. The number of hydrogen-bond acceptors (Lipinski definition) is 4. The molecule has 4 nitrogen and oxygen atoms in total. The van der Waals surface area contributed by atoms with Crippen molar-refractivity contribution < 1.29 is 5.11 Å². The summed E-state index contributed by atoms with van der Waals surface area (Å²) in [6, 6.07) is 3.85. The molecule has 0 aromatic carbocycles. The number of nitrogens with zero attached hydrogens (tertiary/aromatic N) is 1. The zero-order chi connectivity index (χ0) is 10.2. The molecule has 14 heavy (non-hydrogen) atoms. The Kier molecular flexibility index (Phi) is 4.96. The smallest absolute Gasteiger partial charge is 0.0636 e. The van der Waals surface area contributed by atoms with Crippen molar-refractivity contribution >= 4 is 5.69 Å². The van der Waals surface area contributed by atoms with Gasteiger partial charge in [0, 0.05) is 37.7 Å². The molecule has 0 spiro atoms. The number of nitrogens with one attached hydrogen (secondary N) is 2. The summed E-state index contributed by atoms with van der Waals surface area (Å²) in [5.41, 5.74) is 1.07. The van der Waals surface area contributed by atoms with Crippen LogP contribution < -0.4 is 10.6 Å². The summed E-state index contributed by atoms with van der Waals surface area (Å²) in [6.07, 6.45) is 3.23. The van der Waals surface area contributed by atoms with Gasteiger partial charge >= 0.3 is 0 Å². The maximum absolute atomic E-state index is 8.98. The first-order valence-electron chi connectivity index (χ1n) is 4.81. The molecule has 1 atom stereocenters. The highest BCUT2D eigenvalue weighted by molar-refractivity contribution is 5.40. The Morgan fingerprint density at radius 1 is 1.36 bits per heavy atom. The first-order chi connectivity index (χ1) is 6.79. The Morgan fingerprint density at radius 2 is 2.07 bits per heavy atom. The predicted molar refractivity (Wildman–Crippen MR) is 57.3 cm³/mol. The Hall–Kier alpha value is -1.13. The Labute approximate surface area is 84.4 Å². The van der Waals surface area contributed by atoms with Crippen LogP contribution in [0.4, 0.5) is 5.69 Å². The van der Waals surface area contributed by atoms with Crippen LogP contribution in [0.3, 0.4) is 0 Å². The lowest BCUT2D eigenvalue weighted by Crippen LogP contribution is -2.28. The second kappa shape index (κ2) is 6.34. The van der Waals surface area contributed by atoms with Gasteiger partial charge in [0.1, 0.15) is 0 Å². The highest BCUT2D eigenvalue weighted by atomic mass is 16.3. The van der Waals surface area contributed by atoms with E-state index in [2.05, 4.69) is 15.6 Å². The van der Waals surface area contributed by atoms with Crippen molar-refractivity contribution in [2.45, 2.75) is 13.0 Å². The molecule has 0 saturated heterocycles. The first-order valence-corrected chi connectivity index (χ1v) is 4.81. The maximum Gasteiger partial charge on any atom is 0.0636 e. The summed E-state index contributed by atoms with van der Waals surface area (Å²) in [5.74, 6) is 0. The number of pyridine rings is 1. The van der Waals surface area contributed by atoms with Crippen LogP contribution >= 0.6 is 0 Å². The normalized spacial score (nSPS) is 12.4. The molecule has 0 aliphatic heterocycles. The molecule has 1 unspecified atom stereocenters. The van der Waals surface area contributed by atoms with E-state index in [0.717, 1.165) is 18.8 Å². The summed E-state index contributed by atoms with van der Waals surface area (Å²) in [7, 11) is 0. The van der Waals surface area contributed by atoms with Crippen LogP contribution in [0.25, 0.3) is 0 Å². The molecular weight excluding hydrogens is 178 g/mol. The van der Waals surface area contributed by atoms with Gasteiger partial charge in [-0.05, 0) is 19.1 Å². The third-order valence-corrected chi connectivity index (χ3v) is 1.75. The maximum atomic E-state index is 8.98. The molecule has 0 saturated carbocycles. The van der Waals surface area contributed by atoms with E-state index in [0.29, 0.717) is 6.54 Å². The van der Waals surface area contributed by atoms with Crippen LogP contribution in [-0.4, -0.2) is 35.8 Å². The molecule has 0 amide bonds. The van der Waals surface area contributed by atoms with Crippen molar-refractivity contribution in [3.8, 4) is 0 Å². The summed E-state index contributed by atoms with van der Waals surface area (Å²) >= 11 is 0. The fourth-order valence-corrected chi connectivity index (χ4v) is 1.08. The van der Waals surface area contributed by atoms with E-state index in [1.807, 2.05) is 12.1 Å². The Morgan fingerprint density at radius 3 is 2.71 bits per heavy atom. The first kappa shape index (κ1) is 10.9. The quantitative estimate of drug-likeness (QED) is 0.577. The van der Waals surface area contributed by atoms with Gasteiger partial charge in [-0.25, -0.2) is 0 Å². The van der Waals surface area contributed by atoms with Crippen LogP contribution in [0, 0.1) is 0 Å². The minimum atomic E-state index is -0.282. The Balaban J connectivity index is 2.05. The molecule has 0 bridgehead atoms. The zero-order valence-electron chi connectivity index (χ0n) is 8.40. The van der Waals surface area contributed by atoms with Crippen molar-refractivity contribution in [2.24, 2.45) is 0 Å². The average molecular weight is 195 g/mol. The number of anilines is 1. The Bertz CT molecular complexity index is 238. The van der Waals surface area contributed by atoms with Crippen molar-refractivity contribution in [1.29, 1.82) is 0 Å². The minimum Gasteiger partial charge on any atom is -0.392 e. The minimum absolute atomic E-state index is 0.282.